The van der Waals surface area contributed by atoms with Crippen LogP contribution in [0, 0.1) is 5.41 Å². The normalized spacial score (nSPS) is 21.2. The largest absolute Gasteiger partial charge is 0.303 e. The van der Waals surface area contributed by atoms with Crippen molar-refractivity contribution in [2.24, 2.45) is 5.10 Å². The van der Waals surface area contributed by atoms with Crippen LogP contribution in [0.15, 0.2) is 29.0 Å². The molecule has 0 atom stereocenters. The monoisotopic (exact) mass is 149 g/mol. The van der Waals surface area contributed by atoms with Crippen molar-refractivity contribution in [3.63, 3.8) is 0 Å². The second-order valence-electron chi connectivity index (χ2n) is 2.29. The second kappa shape index (κ2) is 3.71. The molecule has 1 aliphatic rings. The van der Waals surface area contributed by atoms with Gasteiger partial charge >= 0.3 is 0 Å². The maximum absolute atomic E-state index is 7.30. The molecule has 58 valence electrons. The summed E-state index contributed by atoms with van der Waals surface area (Å²) in [6.07, 6.45) is 7.96. The van der Waals surface area contributed by atoms with Gasteiger partial charge in [0.1, 0.15) is 0 Å². The Hall–Kier alpha value is -1.38. The average Bonchev–Trinajstić information content (AvgIpc) is 2.01. The van der Waals surface area contributed by atoms with Gasteiger partial charge in [-0.2, -0.15) is 5.10 Å². The molecule has 0 bridgehead atoms. The highest BCUT2D eigenvalue weighted by atomic mass is 15.3. The van der Waals surface area contributed by atoms with Crippen LogP contribution in [0.2, 0.25) is 0 Å². The van der Waals surface area contributed by atoms with Crippen molar-refractivity contribution in [3.8, 4) is 0 Å². The van der Waals surface area contributed by atoms with E-state index in [-0.39, 0.29) is 0 Å². The standard InChI is InChI=1S/C8H11N3/c1-2-3-4-8-5-7(9)6-10-11-8/h2-4,6,9,11H,5H2,1H3/b3-2-,8-4+,9-7?. The van der Waals surface area contributed by atoms with E-state index in [2.05, 4.69) is 10.5 Å². The first kappa shape index (κ1) is 7.72. The molecule has 0 saturated heterocycles. The SMILES string of the molecule is C/C=C\C=C1/CC(=N)C=NN1. The number of hydrogen-bond donors (Lipinski definition) is 2. The minimum absolute atomic E-state index is 0.541. The fraction of sp³-hybridized carbons (Fsp3) is 0.250. The van der Waals surface area contributed by atoms with E-state index < -0.39 is 0 Å². The first-order valence-corrected chi connectivity index (χ1v) is 3.51. The fourth-order valence-corrected chi connectivity index (χ4v) is 0.792. The van der Waals surface area contributed by atoms with Gasteiger partial charge in [0.05, 0.1) is 11.9 Å². The lowest BCUT2D eigenvalue weighted by atomic mass is 10.2. The molecule has 0 amide bonds. The quantitative estimate of drug-likeness (QED) is 0.582. The molecule has 0 saturated carbocycles. The van der Waals surface area contributed by atoms with Gasteiger partial charge in [0.15, 0.2) is 0 Å². The summed E-state index contributed by atoms with van der Waals surface area (Å²) in [5.74, 6) is 0. The summed E-state index contributed by atoms with van der Waals surface area (Å²) in [7, 11) is 0. The van der Waals surface area contributed by atoms with Gasteiger partial charge in [-0.3, -0.25) is 5.43 Å². The molecule has 0 aromatic carbocycles. The summed E-state index contributed by atoms with van der Waals surface area (Å²) in [5.41, 5.74) is 4.33. The van der Waals surface area contributed by atoms with Gasteiger partial charge in [-0.05, 0) is 13.0 Å². The molecule has 1 rings (SSSR count). The summed E-state index contributed by atoms with van der Waals surface area (Å²) >= 11 is 0. The Kier molecular flexibility index (Phi) is 2.60. The second-order valence-corrected chi connectivity index (χ2v) is 2.29. The smallest absolute Gasteiger partial charge is 0.0684 e. The van der Waals surface area contributed by atoms with E-state index in [1.165, 1.54) is 6.21 Å². The molecule has 0 spiro atoms. The Morgan fingerprint density at radius 1 is 1.73 bits per heavy atom. The molecular formula is C8H11N3. The molecule has 0 fully saturated rings. The van der Waals surface area contributed by atoms with E-state index in [9.17, 15) is 0 Å². The van der Waals surface area contributed by atoms with Crippen LogP contribution in [0.1, 0.15) is 13.3 Å². The minimum atomic E-state index is 0.541. The summed E-state index contributed by atoms with van der Waals surface area (Å²) < 4.78 is 0. The lowest BCUT2D eigenvalue weighted by molar-refractivity contribution is 0.857. The fourth-order valence-electron chi connectivity index (χ4n) is 0.792. The Balaban J connectivity index is 2.62. The zero-order valence-corrected chi connectivity index (χ0v) is 6.46. The lowest BCUT2D eigenvalue weighted by Crippen LogP contribution is -2.17. The number of hydrazone groups is 1. The van der Waals surface area contributed by atoms with Gasteiger partial charge < -0.3 is 5.41 Å². The van der Waals surface area contributed by atoms with E-state index in [1.54, 1.807) is 0 Å². The lowest BCUT2D eigenvalue weighted by Gasteiger charge is -2.09. The molecule has 11 heavy (non-hydrogen) atoms. The maximum atomic E-state index is 7.30. The van der Waals surface area contributed by atoms with E-state index >= 15 is 0 Å². The molecule has 2 N–H and O–H groups in total. The predicted molar refractivity (Wildman–Crippen MR) is 46.9 cm³/mol. The first-order valence-electron chi connectivity index (χ1n) is 3.51. The van der Waals surface area contributed by atoms with Crippen LogP contribution in [0.5, 0.6) is 0 Å². The van der Waals surface area contributed by atoms with Gasteiger partial charge in [0.25, 0.3) is 0 Å². The van der Waals surface area contributed by atoms with E-state index in [0.717, 1.165) is 5.70 Å². The minimum Gasteiger partial charge on any atom is -0.303 e. The van der Waals surface area contributed by atoms with Crippen molar-refractivity contribution in [2.75, 3.05) is 0 Å². The van der Waals surface area contributed by atoms with Crippen LogP contribution in [-0.2, 0) is 0 Å². The first-order chi connectivity index (χ1) is 5.33. The molecule has 1 heterocycles. The van der Waals surface area contributed by atoms with Gasteiger partial charge in [-0.25, -0.2) is 0 Å². The highest BCUT2D eigenvalue weighted by Gasteiger charge is 2.02. The van der Waals surface area contributed by atoms with Gasteiger partial charge in [0, 0.05) is 12.1 Å². The Morgan fingerprint density at radius 3 is 3.18 bits per heavy atom. The third kappa shape index (κ3) is 2.37. The van der Waals surface area contributed by atoms with Crippen molar-refractivity contribution in [1.82, 2.24) is 5.43 Å². The molecule has 0 aliphatic carbocycles. The van der Waals surface area contributed by atoms with Crippen LogP contribution in [-0.4, -0.2) is 11.9 Å². The van der Waals surface area contributed by atoms with E-state index in [4.69, 9.17) is 5.41 Å². The molecule has 1 aliphatic heterocycles. The van der Waals surface area contributed by atoms with Crippen molar-refractivity contribution >= 4 is 11.9 Å². The highest BCUT2D eigenvalue weighted by molar-refractivity contribution is 6.30. The number of nitrogens with one attached hydrogen (secondary N) is 2. The van der Waals surface area contributed by atoms with Crippen LogP contribution in [0.25, 0.3) is 0 Å². The molecule has 3 heteroatoms. The van der Waals surface area contributed by atoms with Crippen molar-refractivity contribution in [3.05, 3.63) is 23.9 Å². The number of hydrogen-bond acceptors (Lipinski definition) is 3. The van der Waals surface area contributed by atoms with Gasteiger partial charge in [-0.1, -0.05) is 12.2 Å². The van der Waals surface area contributed by atoms with Crippen LogP contribution in [0.3, 0.4) is 0 Å². The molecule has 0 unspecified atom stereocenters. The maximum Gasteiger partial charge on any atom is 0.0684 e. The van der Waals surface area contributed by atoms with E-state index in [0.29, 0.717) is 12.1 Å². The van der Waals surface area contributed by atoms with Crippen molar-refractivity contribution in [1.29, 1.82) is 5.41 Å². The summed E-state index contributed by atoms with van der Waals surface area (Å²) in [5, 5.41) is 11.1. The van der Waals surface area contributed by atoms with Crippen LogP contribution in [0.4, 0.5) is 0 Å². The summed E-state index contributed by atoms with van der Waals surface area (Å²) in [4.78, 5) is 0. The average molecular weight is 149 g/mol. The van der Waals surface area contributed by atoms with E-state index in [1.807, 2.05) is 25.2 Å². The van der Waals surface area contributed by atoms with Gasteiger partial charge in [0.2, 0.25) is 0 Å². The third-order valence-corrected chi connectivity index (χ3v) is 1.30. The Bertz CT molecular complexity index is 236. The van der Waals surface area contributed by atoms with Crippen LogP contribution < -0.4 is 5.43 Å². The molecule has 0 aromatic rings. The number of rotatable bonds is 1. The van der Waals surface area contributed by atoms with Gasteiger partial charge in [-0.15, -0.1) is 0 Å². The third-order valence-electron chi connectivity index (χ3n) is 1.30. The van der Waals surface area contributed by atoms with Crippen molar-refractivity contribution in [2.45, 2.75) is 13.3 Å². The van der Waals surface area contributed by atoms with Crippen molar-refractivity contribution < 1.29 is 0 Å². The zero-order chi connectivity index (χ0) is 8.10. The topological polar surface area (TPSA) is 48.2 Å². The van der Waals surface area contributed by atoms with Crippen LogP contribution >= 0.6 is 0 Å². The molecule has 0 radical (unpaired) electrons. The molecule has 3 nitrogen and oxygen atoms in total. The molecule has 0 aromatic heterocycles. The Labute approximate surface area is 66.0 Å². The predicted octanol–water partition coefficient (Wildman–Crippen LogP) is 1.45. The number of nitrogens with zero attached hydrogens (tertiary/aromatic N) is 1. The summed E-state index contributed by atoms with van der Waals surface area (Å²) in [6, 6.07) is 0. The highest BCUT2D eigenvalue weighted by Crippen LogP contribution is 2.01. The number of allylic oxidation sites excluding steroid dienone is 4. The zero-order valence-electron chi connectivity index (χ0n) is 6.46. The molecular weight excluding hydrogens is 138 g/mol. The summed E-state index contributed by atoms with van der Waals surface area (Å²) in [6.45, 7) is 1.95. The Morgan fingerprint density at radius 2 is 2.55 bits per heavy atom.